The number of carboxylic acid groups (broad SMARTS) is 1. The fourth-order valence-electron chi connectivity index (χ4n) is 2.34. The van der Waals surface area contributed by atoms with Gasteiger partial charge in [-0.25, -0.2) is 4.98 Å². The largest absolute Gasteiger partial charge is 0.481 e. The van der Waals surface area contributed by atoms with E-state index in [9.17, 15) is 4.79 Å². The van der Waals surface area contributed by atoms with Gasteiger partial charge >= 0.3 is 5.97 Å². The summed E-state index contributed by atoms with van der Waals surface area (Å²) in [7, 11) is 0. The van der Waals surface area contributed by atoms with E-state index < -0.39 is 5.97 Å². The molecule has 0 aliphatic heterocycles. The average molecular weight is 254 g/mol. The molecule has 1 aliphatic rings. The maximum absolute atomic E-state index is 10.8. The van der Waals surface area contributed by atoms with Gasteiger partial charge in [0.25, 0.3) is 0 Å². The lowest BCUT2D eigenvalue weighted by Crippen LogP contribution is -2.28. The van der Waals surface area contributed by atoms with E-state index in [0.717, 1.165) is 43.8 Å². The maximum Gasteiger partial charge on any atom is 0.306 e. The minimum absolute atomic E-state index is 0.106. The van der Waals surface area contributed by atoms with Crippen molar-refractivity contribution in [1.82, 2.24) is 10.3 Å². The Bertz CT molecular complexity index is 345. The topological polar surface area (TPSA) is 62.2 Å². The summed E-state index contributed by atoms with van der Waals surface area (Å²) in [6.45, 7) is 1.81. The Morgan fingerprint density at radius 2 is 2.24 bits per heavy atom. The van der Waals surface area contributed by atoms with E-state index in [1.807, 2.05) is 11.6 Å². The average Bonchev–Trinajstić information content (AvgIpc) is 2.83. The van der Waals surface area contributed by atoms with Crippen LogP contribution < -0.4 is 5.32 Å². The summed E-state index contributed by atoms with van der Waals surface area (Å²) < 4.78 is 0. The third-order valence-electron chi connectivity index (χ3n) is 3.39. The van der Waals surface area contributed by atoms with Crippen LogP contribution in [0, 0.1) is 11.8 Å². The molecule has 0 spiro atoms. The van der Waals surface area contributed by atoms with Crippen molar-refractivity contribution in [1.29, 1.82) is 0 Å². The number of nitrogens with one attached hydrogen (secondary N) is 1. The van der Waals surface area contributed by atoms with Crippen LogP contribution in [0.3, 0.4) is 0 Å². The second kappa shape index (κ2) is 6.12. The summed E-state index contributed by atoms with van der Waals surface area (Å²) in [6, 6.07) is 0. The smallest absolute Gasteiger partial charge is 0.306 e. The first kappa shape index (κ1) is 12.5. The number of hydrogen-bond acceptors (Lipinski definition) is 4. The van der Waals surface area contributed by atoms with Crippen molar-refractivity contribution in [2.45, 2.75) is 32.2 Å². The molecular formula is C12H18N2O2S. The maximum atomic E-state index is 10.8. The number of rotatable bonds is 5. The van der Waals surface area contributed by atoms with Gasteiger partial charge in [0.15, 0.2) is 0 Å². The zero-order valence-electron chi connectivity index (χ0n) is 9.76. The first-order chi connectivity index (χ1) is 8.25. The molecule has 0 saturated heterocycles. The van der Waals surface area contributed by atoms with Crippen LogP contribution >= 0.6 is 11.3 Å². The second-order valence-corrected chi connectivity index (χ2v) is 5.59. The van der Waals surface area contributed by atoms with Crippen LogP contribution in [0.1, 0.15) is 30.7 Å². The molecule has 0 bridgehead atoms. The van der Waals surface area contributed by atoms with Crippen LogP contribution in [0.4, 0.5) is 0 Å². The molecule has 0 radical (unpaired) electrons. The van der Waals surface area contributed by atoms with Crippen LogP contribution in [0.25, 0.3) is 0 Å². The van der Waals surface area contributed by atoms with Crippen LogP contribution in [-0.2, 0) is 11.3 Å². The highest BCUT2D eigenvalue weighted by atomic mass is 32.1. The van der Waals surface area contributed by atoms with Crippen LogP contribution in [-0.4, -0.2) is 22.6 Å². The van der Waals surface area contributed by atoms with Gasteiger partial charge in [0.05, 0.1) is 5.92 Å². The number of carboxylic acids is 1. The molecule has 1 aromatic rings. The summed E-state index contributed by atoms with van der Waals surface area (Å²) in [6.07, 6.45) is 5.54. The van der Waals surface area contributed by atoms with Gasteiger partial charge < -0.3 is 10.4 Å². The van der Waals surface area contributed by atoms with Gasteiger partial charge in [-0.05, 0) is 38.1 Å². The second-order valence-electron chi connectivity index (χ2n) is 4.61. The molecule has 94 valence electrons. The Morgan fingerprint density at radius 1 is 1.47 bits per heavy atom. The SMILES string of the molecule is O=C(O)C1CCC(CNCc2nccs2)CC1. The number of aliphatic carboxylic acids is 1. The van der Waals surface area contributed by atoms with E-state index in [2.05, 4.69) is 10.3 Å². The summed E-state index contributed by atoms with van der Waals surface area (Å²) in [5, 5.41) is 15.4. The number of carbonyl (C=O) groups is 1. The Morgan fingerprint density at radius 3 is 2.82 bits per heavy atom. The van der Waals surface area contributed by atoms with Gasteiger partial charge in [-0.2, -0.15) is 0 Å². The van der Waals surface area contributed by atoms with Crippen LogP contribution in [0.2, 0.25) is 0 Å². The molecule has 0 atom stereocenters. The lowest BCUT2D eigenvalue weighted by molar-refractivity contribution is -0.143. The van der Waals surface area contributed by atoms with Crippen molar-refractivity contribution in [3.8, 4) is 0 Å². The third-order valence-corrected chi connectivity index (χ3v) is 4.17. The zero-order valence-corrected chi connectivity index (χ0v) is 10.6. The van der Waals surface area contributed by atoms with Crippen molar-refractivity contribution < 1.29 is 9.90 Å². The Hall–Kier alpha value is -0.940. The number of aromatic nitrogens is 1. The highest BCUT2D eigenvalue weighted by Crippen LogP contribution is 2.28. The molecule has 1 heterocycles. The number of hydrogen-bond donors (Lipinski definition) is 2. The van der Waals surface area contributed by atoms with Crippen LogP contribution in [0.15, 0.2) is 11.6 Å². The van der Waals surface area contributed by atoms with Crippen molar-refractivity contribution >= 4 is 17.3 Å². The summed E-state index contributed by atoms with van der Waals surface area (Å²) in [5.41, 5.74) is 0. The molecule has 1 saturated carbocycles. The summed E-state index contributed by atoms with van der Waals surface area (Å²) >= 11 is 1.66. The predicted molar refractivity (Wildman–Crippen MR) is 66.9 cm³/mol. The lowest BCUT2D eigenvalue weighted by Gasteiger charge is -2.26. The standard InChI is InChI=1S/C12H18N2O2S/c15-12(16)10-3-1-9(2-4-10)7-13-8-11-14-5-6-17-11/h5-6,9-10,13H,1-4,7-8H2,(H,15,16). The Labute approximate surface area is 105 Å². The molecular weight excluding hydrogens is 236 g/mol. The Kier molecular flexibility index (Phi) is 4.50. The van der Waals surface area contributed by atoms with E-state index in [4.69, 9.17) is 5.11 Å². The molecule has 2 rings (SSSR count). The fourth-order valence-corrected chi connectivity index (χ4v) is 2.92. The van der Waals surface area contributed by atoms with E-state index in [0.29, 0.717) is 5.92 Å². The van der Waals surface area contributed by atoms with E-state index in [1.165, 1.54) is 0 Å². The van der Waals surface area contributed by atoms with Gasteiger partial charge in [0.1, 0.15) is 5.01 Å². The zero-order chi connectivity index (χ0) is 12.1. The highest BCUT2D eigenvalue weighted by Gasteiger charge is 2.25. The van der Waals surface area contributed by atoms with E-state index in [1.54, 1.807) is 11.3 Å². The third kappa shape index (κ3) is 3.78. The highest BCUT2D eigenvalue weighted by molar-refractivity contribution is 7.09. The quantitative estimate of drug-likeness (QED) is 0.845. The molecule has 1 aromatic heterocycles. The predicted octanol–water partition coefficient (Wildman–Crippen LogP) is 2.12. The van der Waals surface area contributed by atoms with Crippen molar-refractivity contribution in [3.05, 3.63) is 16.6 Å². The molecule has 0 unspecified atom stereocenters. The molecule has 1 aliphatic carbocycles. The van der Waals surface area contributed by atoms with Crippen LogP contribution in [0.5, 0.6) is 0 Å². The van der Waals surface area contributed by atoms with Gasteiger partial charge in [-0.15, -0.1) is 11.3 Å². The first-order valence-electron chi connectivity index (χ1n) is 6.07. The molecule has 5 heteroatoms. The van der Waals surface area contributed by atoms with Gasteiger partial charge in [-0.1, -0.05) is 0 Å². The number of nitrogens with zero attached hydrogens (tertiary/aromatic N) is 1. The molecule has 2 N–H and O–H groups in total. The first-order valence-corrected chi connectivity index (χ1v) is 6.95. The molecule has 0 aromatic carbocycles. The van der Waals surface area contributed by atoms with Crippen molar-refractivity contribution in [2.24, 2.45) is 11.8 Å². The van der Waals surface area contributed by atoms with Gasteiger partial charge in [0, 0.05) is 18.1 Å². The molecule has 1 fully saturated rings. The Balaban J connectivity index is 1.63. The van der Waals surface area contributed by atoms with Gasteiger partial charge in [-0.3, -0.25) is 4.79 Å². The summed E-state index contributed by atoms with van der Waals surface area (Å²) in [5.74, 6) is -0.102. The monoisotopic (exact) mass is 254 g/mol. The lowest BCUT2D eigenvalue weighted by atomic mass is 9.82. The van der Waals surface area contributed by atoms with Crippen molar-refractivity contribution in [3.63, 3.8) is 0 Å². The van der Waals surface area contributed by atoms with E-state index in [-0.39, 0.29) is 5.92 Å². The number of thiazole rings is 1. The summed E-state index contributed by atoms with van der Waals surface area (Å²) in [4.78, 5) is 15.0. The molecule has 17 heavy (non-hydrogen) atoms. The van der Waals surface area contributed by atoms with E-state index >= 15 is 0 Å². The minimum atomic E-state index is -0.626. The molecule has 0 amide bonds. The van der Waals surface area contributed by atoms with Crippen molar-refractivity contribution in [2.75, 3.05) is 6.54 Å². The van der Waals surface area contributed by atoms with Gasteiger partial charge in [0.2, 0.25) is 0 Å². The fraction of sp³-hybridized carbons (Fsp3) is 0.667. The minimum Gasteiger partial charge on any atom is -0.481 e. The molecule has 4 nitrogen and oxygen atoms in total. The normalized spacial score (nSPS) is 24.7.